The Morgan fingerprint density at radius 3 is 2.67 bits per heavy atom. The van der Waals surface area contributed by atoms with Gasteiger partial charge in [-0.2, -0.15) is 8.78 Å². The topological polar surface area (TPSA) is 52.4 Å². The number of likely N-dealkylation sites (N-methyl/N-ethyl adjacent to an activating group) is 1. The van der Waals surface area contributed by atoms with Crippen molar-refractivity contribution < 1.29 is 33.0 Å². The number of hydrogen-bond donors (Lipinski definition) is 2. The van der Waals surface area contributed by atoms with Gasteiger partial charge >= 0.3 is 6.61 Å². The molecule has 3 aliphatic rings. The fourth-order valence-electron chi connectivity index (χ4n) is 4.85. The van der Waals surface area contributed by atoms with Crippen molar-refractivity contribution in [2.75, 3.05) is 33.9 Å². The molecule has 0 spiro atoms. The molecule has 30 heavy (non-hydrogen) atoms. The summed E-state index contributed by atoms with van der Waals surface area (Å²) in [7, 11) is 3.39. The number of allylic oxidation sites excluding steroid dienone is 1. The van der Waals surface area contributed by atoms with Crippen LogP contribution < -0.4 is 14.4 Å². The highest BCUT2D eigenvalue weighted by Crippen LogP contribution is 2.59. The molecule has 1 aromatic rings. The summed E-state index contributed by atoms with van der Waals surface area (Å²) < 4.78 is 40.3. The highest BCUT2D eigenvalue weighted by atomic mass is 19.3. The van der Waals surface area contributed by atoms with Crippen LogP contribution in [0, 0.1) is 17.3 Å². The molecule has 0 aromatic heterocycles. The second kappa shape index (κ2) is 9.62. The molecular weight excluding hydrogens is 392 g/mol. The number of aliphatic hydroxyl groups is 1. The van der Waals surface area contributed by atoms with Gasteiger partial charge in [0, 0.05) is 5.56 Å². The van der Waals surface area contributed by atoms with Gasteiger partial charge in [-0.25, -0.2) is 0 Å². The van der Waals surface area contributed by atoms with Gasteiger partial charge in [0.15, 0.2) is 11.5 Å². The van der Waals surface area contributed by atoms with Crippen LogP contribution in [0.15, 0.2) is 29.8 Å². The van der Waals surface area contributed by atoms with Crippen molar-refractivity contribution in [3.63, 3.8) is 0 Å². The fraction of sp³-hybridized carbons (Fsp3) is 0.652. The fourth-order valence-corrected chi connectivity index (χ4v) is 4.85. The van der Waals surface area contributed by atoms with E-state index in [1.54, 1.807) is 12.1 Å². The zero-order valence-electron chi connectivity index (χ0n) is 18.3. The smallest absolute Gasteiger partial charge is 0.387 e. The molecule has 0 heterocycles. The van der Waals surface area contributed by atoms with Crippen molar-refractivity contribution in [2.45, 2.75) is 45.9 Å². The number of halogens is 2. The Morgan fingerprint density at radius 2 is 2.03 bits per heavy atom. The summed E-state index contributed by atoms with van der Waals surface area (Å²) in [6.45, 7) is 3.82. The lowest BCUT2D eigenvalue weighted by Crippen LogP contribution is -3.08. The van der Waals surface area contributed by atoms with Crippen molar-refractivity contribution in [1.29, 1.82) is 0 Å². The third kappa shape index (κ3) is 5.31. The lowest BCUT2D eigenvalue weighted by Gasteiger charge is -2.56. The normalized spacial score (nSPS) is 24.1. The van der Waals surface area contributed by atoms with Gasteiger partial charge in [0.2, 0.25) is 0 Å². The summed E-state index contributed by atoms with van der Waals surface area (Å²) in [4.78, 5) is 1.08. The Labute approximate surface area is 177 Å². The molecule has 0 amide bonds. The van der Waals surface area contributed by atoms with Crippen molar-refractivity contribution in [1.82, 2.24) is 0 Å². The number of alkyl halides is 2. The van der Waals surface area contributed by atoms with Crippen LogP contribution in [0.25, 0.3) is 0 Å². The predicted molar refractivity (Wildman–Crippen MR) is 110 cm³/mol. The standard InChI is InChI=1S/C23H33F2NO4/c1-23(2)17-7-6-16(19(23)10-17)13-29-14-18(27)12-26(3)11-15-5-8-20(30-22(24)25)21(9-15)28-4/h5-6,8-9,17-19,22,27H,7,10-14H2,1-4H3/p+1/t17-,18+,19-/m0/s1. The molecule has 1 unspecified atom stereocenters. The minimum absolute atomic E-state index is 0.0142. The SMILES string of the molecule is COc1cc(C[NH+](C)C[C@@H](O)COCC2=CC[C@H]3C[C@@H]2C3(C)C)ccc1OC(F)F. The summed E-state index contributed by atoms with van der Waals surface area (Å²) >= 11 is 0. The quantitative estimate of drug-likeness (QED) is 0.535. The minimum atomic E-state index is -2.89. The van der Waals surface area contributed by atoms with Crippen molar-refractivity contribution in [3.8, 4) is 11.5 Å². The van der Waals surface area contributed by atoms with Gasteiger partial charge in [-0.3, -0.25) is 0 Å². The summed E-state index contributed by atoms with van der Waals surface area (Å²) in [5.41, 5.74) is 2.68. The highest BCUT2D eigenvalue weighted by molar-refractivity contribution is 5.42. The maximum absolute atomic E-state index is 12.4. The Bertz CT molecular complexity index is 753. The molecule has 1 saturated carbocycles. The summed E-state index contributed by atoms with van der Waals surface area (Å²) in [5.74, 6) is 1.71. The zero-order chi connectivity index (χ0) is 21.9. The molecule has 4 atom stereocenters. The molecule has 5 nitrogen and oxygen atoms in total. The molecule has 3 aliphatic carbocycles. The Balaban J connectivity index is 1.42. The molecule has 0 aliphatic heterocycles. The Kier molecular flexibility index (Phi) is 7.37. The van der Waals surface area contributed by atoms with E-state index in [-0.39, 0.29) is 11.5 Å². The van der Waals surface area contributed by atoms with Crippen molar-refractivity contribution in [3.05, 3.63) is 35.4 Å². The van der Waals surface area contributed by atoms with Crippen molar-refractivity contribution >= 4 is 0 Å². The third-order valence-electron chi connectivity index (χ3n) is 6.70. The number of nitrogens with one attached hydrogen (secondary N) is 1. The summed E-state index contributed by atoms with van der Waals surface area (Å²) in [6.07, 6.45) is 4.16. The summed E-state index contributed by atoms with van der Waals surface area (Å²) in [6, 6.07) is 4.90. The minimum Gasteiger partial charge on any atom is -0.493 e. The highest BCUT2D eigenvalue weighted by Gasteiger charge is 2.50. The first-order chi connectivity index (χ1) is 14.2. The van der Waals surface area contributed by atoms with Crippen LogP contribution in [0.3, 0.4) is 0 Å². The van der Waals surface area contributed by atoms with Crippen LogP contribution in [0.2, 0.25) is 0 Å². The number of rotatable bonds is 11. The van der Waals surface area contributed by atoms with E-state index in [9.17, 15) is 13.9 Å². The van der Waals surface area contributed by atoms with Crippen LogP contribution in [0.4, 0.5) is 8.78 Å². The molecule has 0 saturated heterocycles. The van der Waals surface area contributed by atoms with Gasteiger partial charge in [0.05, 0.1) is 27.4 Å². The number of methoxy groups -OCH3 is 1. The van der Waals surface area contributed by atoms with E-state index < -0.39 is 12.7 Å². The maximum Gasteiger partial charge on any atom is 0.387 e. The Hall–Kier alpha value is -1.70. The number of hydrogen-bond acceptors (Lipinski definition) is 4. The van der Waals surface area contributed by atoms with Crippen LogP contribution in [-0.2, 0) is 11.3 Å². The molecule has 1 fully saturated rings. The number of benzene rings is 1. The molecular formula is C23H34F2NO4+. The monoisotopic (exact) mass is 426 g/mol. The predicted octanol–water partition coefficient (Wildman–Crippen LogP) is 2.68. The van der Waals surface area contributed by atoms with E-state index in [0.29, 0.717) is 37.6 Å². The van der Waals surface area contributed by atoms with Gasteiger partial charge in [-0.1, -0.05) is 19.9 Å². The largest absolute Gasteiger partial charge is 0.493 e. The molecule has 0 radical (unpaired) electrons. The second-order valence-electron chi connectivity index (χ2n) is 9.19. The molecule has 7 heteroatoms. The first kappa shape index (κ1) is 23.0. The van der Waals surface area contributed by atoms with E-state index in [1.807, 2.05) is 7.05 Å². The molecule has 168 valence electrons. The molecule has 2 N–H and O–H groups in total. The Morgan fingerprint density at radius 1 is 1.27 bits per heavy atom. The van der Waals surface area contributed by atoms with Crippen molar-refractivity contribution in [2.24, 2.45) is 17.3 Å². The first-order valence-corrected chi connectivity index (χ1v) is 10.6. The zero-order valence-corrected chi connectivity index (χ0v) is 18.3. The first-order valence-electron chi connectivity index (χ1n) is 10.6. The van der Waals surface area contributed by atoms with E-state index in [0.717, 1.165) is 22.8 Å². The van der Waals surface area contributed by atoms with Crippen LogP contribution in [-0.4, -0.2) is 51.7 Å². The second-order valence-corrected chi connectivity index (χ2v) is 9.19. The van der Waals surface area contributed by atoms with E-state index in [2.05, 4.69) is 24.7 Å². The lowest BCUT2D eigenvalue weighted by atomic mass is 9.49. The van der Waals surface area contributed by atoms with Gasteiger partial charge in [0.25, 0.3) is 0 Å². The lowest BCUT2D eigenvalue weighted by molar-refractivity contribution is -0.897. The molecule has 2 bridgehead atoms. The number of fused-ring (bicyclic) bond motifs is 1. The average Bonchev–Trinajstić information content (AvgIpc) is 2.68. The maximum atomic E-state index is 12.4. The van der Waals surface area contributed by atoms with E-state index in [1.165, 1.54) is 25.2 Å². The van der Waals surface area contributed by atoms with Gasteiger partial charge in [-0.15, -0.1) is 0 Å². The summed E-state index contributed by atoms with van der Waals surface area (Å²) in [5, 5.41) is 10.4. The molecule has 1 aromatic carbocycles. The number of aliphatic hydroxyl groups excluding tert-OH is 1. The number of ether oxygens (including phenoxy) is 3. The van der Waals surface area contributed by atoms with Crippen LogP contribution in [0.5, 0.6) is 11.5 Å². The van der Waals surface area contributed by atoms with Gasteiger partial charge < -0.3 is 24.2 Å². The van der Waals surface area contributed by atoms with E-state index in [4.69, 9.17) is 9.47 Å². The van der Waals surface area contributed by atoms with Crippen LogP contribution in [0.1, 0.15) is 32.3 Å². The third-order valence-corrected chi connectivity index (χ3v) is 6.70. The van der Waals surface area contributed by atoms with E-state index >= 15 is 0 Å². The van der Waals surface area contributed by atoms with Gasteiger partial charge in [0.1, 0.15) is 19.2 Å². The average molecular weight is 427 g/mol. The number of quaternary nitrogens is 1. The molecule has 4 rings (SSSR count). The van der Waals surface area contributed by atoms with Crippen LogP contribution >= 0.6 is 0 Å². The van der Waals surface area contributed by atoms with Gasteiger partial charge in [-0.05, 0) is 53.9 Å².